The van der Waals surface area contributed by atoms with Gasteiger partial charge in [0.1, 0.15) is 42.3 Å². The number of nitrogens with zero attached hydrogens (tertiary/aromatic N) is 4. The van der Waals surface area contributed by atoms with Crippen molar-refractivity contribution in [2.24, 2.45) is 17.8 Å². The highest BCUT2D eigenvalue weighted by Crippen LogP contribution is 2.39. The van der Waals surface area contributed by atoms with Gasteiger partial charge in [0.05, 0.1) is 48.1 Å². The summed E-state index contributed by atoms with van der Waals surface area (Å²) in [6.07, 6.45) is -9.52. The minimum Gasteiger partial charge on any atom is -0.479 e. The summed E-state index contributed by atoms with van der Waals surface area (Å²) in [5.41, 5.74) is 2.29. The van der Waals surface area contributed by atoms with E-state index in [9.17, 15) is 55.1 Å². The van der Waals surface area contributed by atoms with Crippen LogP contribution < -0.4 is 5.32 Å². The molecule has 2 aliphatic heterocycles. The Balaban J connectivity index is 1.01. The fourth-order valence-corrected chi connectivity index (χ4v) is 10.6. The second-order valence-electron chi connectivity index (χ2n) is 19.8. The van der Waals surface area contributed by atoms with E-state index in [4.69, 9.17) is 28.4 Å². The van der Waals surface area contributed by atoms with Crippen molar-refractivity contribution in [2.75, 3.05) is 6.61 Å². The van der Waals surface area contributed by atoms with Gasteiger partial charge in [0.2, 0.25) is 5.91 Å². The van der Waals surface area contributed by atoms with Gasteiger partial charge in [0.25, 0.3) is 5.69 Å². The Hall–Kier alpha value is -5.47. The number of aliphatic hydroxyl groups is 5. The van der Waals surface area contributed by atoms with Gasteiger partial charge in [-0.15, -0.1) is 5.10 Å². The topological polar surface area (TPSA) is 330 Å². The first-order valence-electron chi connectivity index (χ1n) is 25.1. The fourth-order valence-electron chi connectivity index (χ4n) is 10.6. The van der Waals surface area contributed by atoms with Crippen LogP contribution in [0.15, 0.2) is 60.9 Å². The van der Waals surface area contributed by atoms with Crippen LogP contribution in [0.1, 0.15) is 93.3 Å². The number of nitrogens with one attached hydrogen (secondary N) is 2. The van der Waals surface area contributed by atoms with Gasteiger partial charge in [-0.1, -0.05) is 62.4 Å². The quantitative estimate of drug-likeness (QED) is 0.0358. The van der Waals surface area contributed by atoms with Crippen LogP contribution in [0.2, 0.25) is 0 Å². The molecule has 4 aliphatic rings. The molecule has 23 heteroatoms. The molecule has 2 saturated carbocycles. The lowest BCUT2D eigenvalue weighted by molar-refractivity contribution is -0.384. The van der Waals surface area contributed by atoms with Crippen LogP contribution in [0.4, 0.5) is 5.69 Å². The molecular formula is C50H66N6O17. The molecule has 2 aromatic carbocycles. The number of nitro benzene ring substituents is 1. The van der Waals surface area contributed by atoms with Crippen LogP contribution in [-0.4, -0.2) is 160 Å². The van der Waals surface area contributed by atoms with Crippen LogP contribution in [0.25, 0.3) is 10.9 Å². The molecule has 73 heavy (non-hydrogen) atoms. The van der Waals surface area contributed by atoms with Gasteiger partial charge in [-0.25, -0.2) is 9.59 Å². The highest BCUT2D eigenvalue weighted by atomic mass is 16.7. The maximum Gasteiger partial charge on any atom is 0.338 e. The standard InChI is InChI=1S/C50H66N6O17/c1-26-18-31(46(62)52-23-32-24-55(54-53-32)17-9-14-30-22-51-35-16-15-33(56(66)67)21-34(30)35)20-36(43(26)73-49-42(61)41(60)39(58)27(2)68-49)70-50-45(72-48(65)29-12-7-4-8-13-29)44(40(59)38(25-57)71-50)69-37(47(63)64)19-28-10-5-3-6-11-28/h4,7-8,12-13,15-16,21-22,24,26-28,31,36-45,49-51,57-61H,3,5-6,9-11,14,17-20,23,25H2,1-2H3,(H,52,62)(H,63,64)/t26-,27-,31+,36+,37-,38+,39+,40-,41+,42-,43+,44-,45+,49-,50+/m0/s1. The predicted octanol–water partition coefficient (Wildman–Crippen LogP) is 2.67. The summed E-state index contributed by atoms with van der Waals surface area (Å²) in [5.74, 6) is -3.87. The van der Waals surface area contributed by atoms with Crippen molar-refractivity contribution in [1.29, 1.82) is 0 Å². The van der Waals surface area contributed by atoms with E-state index >= 15 is 0 Å². The number of carboxylic acid groups (broad SMARTS) is 1. The van der Waals surface area contributed by atoms with Crippen LogP contribution in [0, 0.1) is 27.9 Å². The van der Waals surface area contributed by atoms with Gasteiger partial charge in [-0.2, -0.15) is 0 Å². The summed E-state index contributed by atoms with van der Waals surface area (Å²) in [5, 5.41) is 88.4. The number of aliphatic carboxylic acids is 1. The number of nitro groups is 1. The molecule has 4 aromatic rings. The molecule has 0 bridgehead atoms. The second kappa shape index (κ2) is 24.3. The van der Waals surface area contributed by atoms with Crippen molar-refractivity contribution >= 4 is 34.4 Å². The van der Waals surface area contributed by atoms with Crippen LogP contribution in [0.3, 0.4) is 0 Å². The van der Waals surface area contributed by atoms with Crippen molar-refractivity contribution < 1.29 is 78.4 Å². The number of carbonyl (C=O) groups excluding carboxylic acids is 2. The fraction of sp³-hybridized carbons (Fsp3) is 0.620. The number of aromatic nitrogens is 4. The zero-order chi connectivity index (χ0) is 51.9. The molecule has 8 rings (SSSR count). The number of non-ortho nitro benzene ring substituents is 1. The summed E-state index contributed by atoms with van der Waals surface area (Å²) >= 11 is 0. The first kappa shape index (κ1) is 53.8. The van der Waals surface area contributed by atoms with Crippen LogP contribution in [0.5, 0.6) is 0 Å². The lowest BCUT2D eigenvalue weighted by Gasteiger charge is -2.48. The molecular weight excluding hydrogens is 957 g/mol. The third-order valence-corrected chi connectivity index (χ3v) is 14.6. The SMILES string of the molecule is C[C@@H]1O[C@@H](O[C@@H]2[C@@H](C)C[C@@H](C(=O)NCc3cn(CCCc4c[nH]c5ccc([N+](=O)[O-])cc45)nn3)C[C@H]2O[C@@H]2O[C@H](CO)[C@H](O)[C@H](O[C@@H](CC3CCCCC3)C(=O)O)[C@H]2OC(=O)c2ccccc2)[C@@H](O)[C@H](O)[C@@H]1O. The number of aryl methyl sites for hydroxylation is 2. The van der Waals surface area contributed by atoms with E-state index in [1.165, 1.54) is 25.1 Å². The third kappa shape index (κ3) is 12.9. The Morgan fingerprint density at radius 3 is 2.42 bits per heavy atom. The van der Waals surface area contributed by atoms with Gasteiger partial charge < -0.3 is 69.4 Å². The summed E-state index contributed by atoms with van der Waals surface area (Å²) in [7, 11) is 0. The number of rotatable bonds is 20. The molecule has 15 atom stereocenters. The molecule has 0 unspecified atom stereocenters. The Kier molecular flexibility index (Phi) is 17.9. The Morgan fingerprint density at radius 2 is 1.70 bits per heavy atom. The van der Waals surface area contributed by atoms with E-state index in [0.717, 1.165) is 48.6 Å². The first-order valence-corrected chi connectivity index (χ1v) is 25.1. The number of benzene rings is 2. The molecule has 2 aliphatic carbocycles. The average molecular weight is 1020 g/mol. The number of carboxylic acids is 1. The maximum atomic E-state index is 14.1. The van der Waals surface area contributed by atoms with Gasteiger partial charge in [-0.05, 0) is 74.6 Å². The number of aliphatic hydroxyl groups excluding tert-OH is 5. The normalized spacial score (nSPS) is 31.4. The summed E-state index contributed by atoms with van der Waals surface area (Å²) in [6, 6.07) is 12.6. The number of ether oxygens (including phenoxy) is 6. The predicted molar refractivity (Wildman–Crippen MR) is 254 cm³/mol. The van der Waals surface area contributed by atoms with Gasteiger partial charge >= 0.3 is 11.9 Å². The van der Waals surface area contributed by atoms with Crippen molar-refractivity contribution in [3.63, 3.8) is 0 Å². The van der Waals surface area contributed by atoms with E-state index in [2.05, 4.69) is 20.6 Å². The molecule has 8 N–H and O–H groups in total. The summed E-state index contributed by atoms with van der Waals surface area (Å²) in [4.78, 5) is 54.9. The first-order chi connectivity index (χ1) is 35.1. The average Bonchev–Trinajstić information content (AvgIpc) is 4.03. The highest BCUT2D eigenvalue weighted by molar-refractivity contribution is 5.89. The Labute approximate surface area is 420 Å². The van der Waals surface area contributed by atoms with E-state index in [1.807, 2.05) is 6.20 Å². The van der Waals surface area contributed by atoms with E-state index in [0.29, 0.717) is 25.1 Å². The minimum atomic E-state index is -1.72. The molecule has 1 amide bonds. The zero-order valence-electron chi connectivity index (χ0n) is 40.7. The van der Waals surface area contributed by atoms with Gasteiger partial charge in [0, 0.05) is 41.7 Å². The number of carbonyl (C=O) groups is 3. The Bertz CT molecular complexity index is 2490. The molecule has 4 heterocycles. The molecule has 4 fully saturated rings. The van der Waals surface area contributed by atoms with Crippen LogP contribution in [-0.2, 0) is 57.5 Å². The Morgan fingerprint density at radius 1 is 0.932 bits per heavy atom. The van der Waals surface area contributed by atoms with E-state index in [-0.39, 0.29) is 43.0 Å². The van der Waals surface area contributed by atoms with Crippen molar-refractivity contribution in [3.05, 3.63) is 87.9 Å². The van der Waals surface area contributed by atoms with Gasteiger partial charge in [-0.3, -0.25) is 19.6 Å². The monoisotopic (exact) mass is 1020 g/mol. The van der Waals surface area contributed by atoms with Gasteiger partial charge in [0.15, 0.2) is 24.8 Å². The highest BCUT2D eigenvalue weighted by Gasteiger charge is 2.54. The molecule has 2 saturated heterocycles. The number of fused-ring (bicyclic) bond motifs is 1. The number of esters is 1. The lowest BCUT2D eigenvalue weighted by Crippen LogP contribution is -2.64. The van der Waals surface area contributed by atoms with Crippen molar-refractivity contribution in [1.82, 2.24) is 25.3 Å². The number of hydrogen-bond donors (Lipinski definition) is 8. The number of H-pyrrole nitrogens is 1. The zero-order valence-corrected chi connectivity index (χ0v) is 40.7. The number of hydrogen-bond acceptors (Lipinski definition) is 18. The summed E-state index contributed by atoms with van der Waals surface area (Å²) in [6.45, 7) is 2.97. The molecule has 23 nitrogen and oxygen atoms in total. The second-order valence-corrected chi connectivity index (χ2v) is 19.8. The molecule has 398 valence electrons. The largest absolute Gasteiger partial charge is 0.479 e. The third-order valence-electron chi connectivity index (χ3n) is 14.6. The van der Waals surface area contributed by atoms with E-state index in [1.54, 1.807) is 48.1 Å². The minimum absolute atomic E-state index is 0.00235. The van der Waals surface area contributed by atoms with Crippen LogP contribution >= 0.6 is 0 Å². The summed E-state index contributed by atoms with van der Waals surface area (Å²) < 4.78 is 39.0. The van der Waals surface area contributed by atoms with E-state index < -0.39 is 121 Å². The molecule has 2 aromatic heterocycles. The van der Waals surface area contributed by atoms with Crippen molar-refractivity contribution in [3.8, 4) is 0 Å². The lowest BCUT2D eigenvalue weighted by atomic mass is 9.77. The number of aromatic amines is 1. The molecule has 0 radical (unpaired) electrons. The molecule has 0 spiro atoms. The number of amides is 1. The van der Waals surface area contributed by atoms with Crippen molar-refractivity contribution in [2.45, 2.75) is 171 Å². The smallest absolute Gasteiger partial charge is 0.338 e. The maximum absolute atomic E-state index is 14.1.